The van der Waals surface area contributed by atoms with Crippen LogP contribution in [0.5, 0.6) is 0 Å². The van der Waals surface area contributed by atoms with Gasteiger partial charge in [0, 0.05) is 26.2 Å². The van der Waals surface area contributed by atoms with Crippen LogP contribution in [0.15, 0.2) is 4.99 Å². The summed E-state index contributed by atoms with van der Waals surface area (Å²) in [6.07, 6.45) is 2.29. The molecule has 0 radical (unpaired) electrons. The summed E-state index contributed by atoms with van der Waals surface area (Å²) in [6, 6.07) is 0.782. The van der Waals surface area contributed by atoms with Crippen molar-refractivity contribution in [1.82, 2.24) is 15.2 Å². The summed E-state index contributed by atoms with van der Waals surface area (Å²) < 4.78 is 5.08. The summed E-state index contributed by atoms with van der Waals surface area (Å²) in [5.74, 6) is 6.34. The van der Waals surface area contributed by atoms with E-state index in [4.69, 9.17) is 10.6 Å². The van der Waals surface area contributed by atoms with Gasteiger partial charge in [-0.3, -0.25) is 5.43 Å². The number of piperidine rings is 1. The smallest absolute Gasteiger partial charge is 0.208 e. The number of aliphatic imine (C=N–C) groups is 1. The van der Waals surface area contributed by atoms with Gasteiger partial charge in [-0.05, 0) is 33.9 Å². The van der Waals surface area contributed by atoms with Crippen LogP contribution in [0, 0.1) is 0 Å². The molecule has 1 saturated heterocycles. The van der Waals surface area contributed by atoms with Crippen LogP contribution in [0.3, 0.4) is 0 Å². The predicted molar refractivity (Wildman–Crippen MR) is 74.4 cm³/mol. The Hall–Kier alpha value is -0.850. The molecule has 1 aliphatic heterocycles. The van der Waals surface area contributed by atoms with Crippen LogP contribution >= 0.6 is 0 Å². The number of nitrogens with zero attached hydrogens (tertiary/aromatic N) is 3. The van der Waals surface area contributed by atoms with Gasteiger partial charge < -0.3 is 14.5 Å². The fraction of sp³-hybridized carbons (Fsp3) is 0.917. The lowest BCUT2D eigenvalue weighted by molar-refractivity contribution is 0.179. The van der Waals surface area contributed by atoms with Gasteiger partial charge in [-0.25, -0.2) is 10.8 Å². The zero-order valence-corrected chi connectivity index (χ0v) is 12.0. The molecule has 0 aromatic heterocycles. The van der Waals surface area contributed by atoms with E-state index in [1.807, 2.05) is 6.92 Å². The van der Waals surface area contributed by atoms with E-state index < -0.39 is 0 Å². The first-order valence-corrected chi connectivity index (χ1v) is 6.53. The molecule has 0 amide bonds. The summed E-state index contributed by atoms with van der Waals surface area (Å²) in [6.45, 7) is 4.61. The average Bonchev–Trinajstić information content (AvgIpc) is 2.36. The van der Waals surface area contributed by atoms with Crippen molar-refractivity contribution in [2.75, 3.05) is 40.9 Å². The van der Waals surface area contributed by atoms with Crippen molar-refractivity contribution in [2.45, 2.75) is 31.8 Å². The average molecular weight is 257 g/mol. The first-order chi connectivity index (χ1) is 8.58. The van der Waals surface area contributed by atoms with Gasteiger partial charge in [-0.2, -0.15) is 0 Å². The van der Waals surface area contributed by atoms with Gasteiger partial charge >= 0.3 is 0 Å². The molecule has 0 aliphatic carbocycles. The number of hydrogen-bond acceptors (Lipinski definition) is 4. The van der Waals surface area contributed by atoms with Crippen LogP contribution in [0.1, 0.15) is 19.8 Å². The monoisotopic (exact) mass is 257 g/mol. The van der Waals surface area contributed by atoms with Crippen LogP contribution in [0.4, 0.5) is 0 Å². The molecule has 0 saturated carbocycles. The Balaban J connectivity index is 2.52. The van der Waals surface area contributed by atoms with E-state index in [2.05, 4.69) is 34.3 Å². The Morgan fingerprint density at radius 2 is 2.11 bits per heavy atom. The minimum absolute atomic E-state index is 0.118. The number of ether oxygens (including phenoxy) is 1. The molecule has 0 aromatic carbocycles. The summed E-state index contributed by atoms with van der Waals surface area (Å²) in [5.41, 5.74) is 2.71. The summed E-state index contributed by atoms with van der Waals surface area (Å²) in [7, 11) is 5.96. The number of hydrazine groups is 1. The highest BCUT2D eigenvalue weighted by Gasteiger charge is 2.22. The SMILES string of the molecule is COCC(C)N=C(NN)N1CCC(N(C)C)CC1. The van der Waals surface area contributed by atoms with Gasteiger partial charge in [-0.15, -0.1) is 0 Å². The molecule has 106 valence electrons. The Morgan fingerprint density at radius 3 is 2.56 bits per heavy atom. The Kier molecular flexibility index (Phi) is 6.38. The normalized spacial score (nSPS) is 20.3. The van der Waals surface area contributed by atoms with Crippen LogP contribution in [0.2, 0.25) is 0 Å². The van der Waals surface area contributed by atoms with Crippen molar-refractivity contribution in [3.63, 3.8) is 0 Å². The molecule has 0 spiro atoms. The lowest BCUT2D eigenvalue weighted by atomic mass is 10.0. The molecule has 1 aliphatic rings. The molecule has 0 bridgehead atoms. The molecule has 18 heavy (non-hydrogen) atoms. The second kappa shape index (κ2) is 7.56. The van der Waals surface area contributed by atoms with Crippen molar-refractivity contribution >= 4 is 5.96 Å². The van der Waals surface area contributed by atoms with Gasteiger partial charge in [0.05, 0.1) is 12.6 Å². The lowest BCUT2D eigenvalue weighted by Crippen LogP contribution is -2.51. The van der Waals surface area contributed by atoms with Crippen LogP contribution in [-0.2, 0) is 4.74 Å². The van der Waals surface area contributed by atoms with E-state index in [9.17, 15) is 0 Å². The molecular weight excluding hydrogens is 230 g/mol. The Bertz CT molecular complexity index is 261. The van der Waals surface area contributed by atoms with Crippen molar-refractivity contribution in [1.29, 1.82) is 0 Å². The quantitative estimate of drug-likeness (QED) is 0.318. The lowest BCUT2D eigenvalue weighted by Gasteiger charge is -2.36. The standard InChI is InChI=1S/C12H27N5O/c1-10(9-18-4)14-12(15-13)17-7-5-11(6-8-17)16(2)3/h10-11H,5-9,13H2,1-4H3,(H,14,15). The van der Waals surface area contributed by atoms with Crippen LogP contribution in [-0.4, -0.2) is 68.7 Å². The van der Waals surface area contributed by atoms with E-state index in [0.29, 0.717) is 12.6 Å². The van der Waals surface area contributed by atoms with Gasteiger partial charge in [-0.1, -0.05) is 0 Å². The third kappa shape index (κ3) is 4.44. The maximum atomic E-state index is 5.57. The third-order valence-corrected chi connectivity index (χ3v) is 3.37. The van der Waals surface area contributed by atoms with E-state index in [1.165, 1.54) is 0 Å². The number of rotatable bonds is 4. The highest BCUT2D eigenvalue weighted by atomic mass is 16.5. The van der Waals surface area contributed by atoms with Crippen molar-refractivity contribution in [2.24, 2.45) is 10.8 Å². The van der Waals surface area contributed by atoms with Crippen LogP contribution < -0.4 is 11.3 Å². The zero-order valence-electron chi connectivity index (χ0n) is 12.0. The minimum atomic E-state index is 0.118. The third-order valence-electron chi connectivity index (χ3n) is 3.37. The van der Waals surface area contributed by atoms with E-state index in [1.54, 1.807) is 7.11 Å². The minimum Gasteiger partial charge on any atom is -0.382 e. The van der Waals surface area contributed by atoms with Gasteiger partial charge in [0.15, 0.2) is 0 Å². The van der Waals surface area contributed by atoms with Crippen molar-refractivity contribution in [3.8, 4) is 0 Å². The molecule has 6 nitrogen and oxygen atoms in total. The number of likely N-dealkylation sites (tertiary alicyclic amines) is 1. The Labute approximate surface area is 110 Å². The largest absolute Gasteiger partial charge is 0.382 e. The maximum Gasteiger partial charge on any atom is 0.208 e. The highest BCUT2D eigenvalue weighted by Crippen LogP contribution is 2.14. The maximum absolute atomic E-state index is 5.57. The number of nitrogens with two attached hydrogens (primary N) is 1. The van der Waals surface area contributed by atoms with Gasteiger partial charge in [0.25, 0.3) is 0 Å². The van der Waals surface area contributed by atoms with Crippen LogP contribution in [0.25, 0.3) is 0 Å². The number of hydrogen-bond donors (Lipinski definition) is 2. The Morgan fingerprint density at radius 1 is 1.50 bits per heavy atom. The first kappa shape index (κ1) is 15.2. The summed E-state index contributed by atoms with van der Waals surface area (Å²) in [4.78, 5) is 9.05. The molecule has 1 unspecified atom stereocenters. The van der Waals surface area contributed by atoms with Crippen molar-refractivity contribution in [3.05, 3.63) is 0 Å². The molecular formula is C12H27N5O. The highest BCUT2D eigenvalue weighted by molar-refractivity contribution is 5.79. The number of guanidine groups is 1. The molecule has 1 fully saturated rings. The van der Waals surface area contributed by atoms with E-state index >= 15 is 0 Å². The second-order valence-corrected chi connectivity index (χ2v) is 5.08. The fourth-order valence-electron chi connectivity index (χ4n) is 2.29. The molecule has 3 N–H and O–H groups in total. The summed E-state index contributed by atoms with van der Waals surface area (Å²) in [5, 5.41) is 0. The molecule has 1 heterocycles. The van der Waals surface area contributed by atoms with Gasteiger partial charge in [0.1, 0.15) is 0 Å². The van der Waals surface area contributed by atoms with Gasteiger partial charge in [0.2, 0.25) is 5.96 Å². The van der Waals surface area contributed by atoms with Crippen molar-refractivity contribution < 1.29 is 4.74 Å². The second-order valence-electron chi connectivity index (χ2n) is 5.08. The predicted octanol–water partition coefficient (Wildman–Crippen LogP) is -0.133. The summed E-state index contributed by atoms with van der Waals surface area (Å²) >= 11 is 0. The number of nitrogens with one attached hydrogen (secondary N) is 1. The fourth-order valence-corrected chi connectivity index (χ4v) is 2.29. The van der Waals surface area contributed by atoms with E-state index in [-0.39, 0.29) is 6.04 Å². The molecule has 1 rings (SSSR count). The molecule has 1 atom stereocenters. The van der Waals surface area contributed by atoms with E-state index in [0.717, 1.165) is 31.9 Å². The topological polar surface area (TPSA) is 66.1 Å². The first-order valence-electron chi connectivity index (χ1n) is 6.53. The molecule has 0 aromatic rings. The zero-order chi connectivity index (χ0) is 13.5. The molecule has 6 heteroatoms. The number of methoxy groups -OCH3 is 1.